The van der Waals surface area contributed by atoms with Crippen LogP contribution in [-0.4, -0.2) is 27.3 Å². The van der Waals surface area contributed by atoms with Crippen LogP contribution in [0.2, 0.25) is 0 Å². The summed E-state index contributed by atoms with van der Waals surface area (Å²) in [5, 5.41) is 4.06. The second-order valence-electron chi connectivity index (χ2n) is 7.05. The second kappa shape index (κ2) is 7.50. The molecule has 0 spiro atoms. The molecule has 2 heterocycles. The average molecular weight is 380 g/mol. The fraction of sp³-hybridized carbons (Fsp3) is 0.611. The van der Waals surface area contributed by atoms with Gasteiger partial charge in [0.15, 0.2) is 5.16 Å². The molecule has 1 unspecified atom stereocenters. The Morgan fingerprint density at radius 3 is 2.76 bits per heavy atom. The van der Waals surface area contributed by atoms with Crippen molar-refractivity contribution in [2.24, 2.45) is 13.0 Å². The minimum absolute atomic E-state index is 0.0153. The maximum Gasteiger partial charge on any atom is 0.262 e. The van der Waals surface area contributed by atoms with Gasteiger partial charge in [0.05, 0.1) is 10.6 Å². The van der Waals surface area contributed by atoms with Crippen LogP contribution in [0.5, 0.6) is 0 Å². The molecule has 3 rings (SSSR count). The van der Waals surface area contributed by atoms with E-state index in [-0.39, 0.29) is 16.7 Å². The standard InChI is InChI=1S/C18H25N3O2S2/c1-10(2)9-19-15(22)11(3)24-18-20-16-14(17(23)21(18)4)12-7-5-6-8-13(12)25-16/h10-11H,5-9H2,1-4H3,(H,19,22). The van der Waals surface area contributed by atoms with Crippen LogP contribution < -0.4 is 10.9 Å². The van der Waals surface area contributed by atoms with E-state index in [9.17, 15) is 9.59 Å². The first-order valence-corrected chi connectivity index (χ1v) is 10.5. The number of amides is 1. The summed E-state index contributed by atoms with van der Waals surface area (Å²) in [6.07, 6.45) is 4.36. The normalized spacial score (nSPS) is 15.4. The quantitative estimate of drug-likeness (QED) is 0.640. The van der Waals surface area contributed by atoms with Crippen molar-refractivity contribution in [3.05, 3.63) is 20.8 Å². The molecule has 136 valence electrons. The molecular formula is C18H25N3O2S2. The van der Waals surface area contributed by atoms with Crippen LogP contribution in [0.25, 0.3) is 10.2 Å². The Kier molecular flexibility index (Phi) is 5.53. The molecule has 0 bridgehead atoms. The molecule has 1 N–H and O–H groups in total. The number of aromatic nitrogens is 2. The third-order valence-corrected chi connectivity index (χ3v) is 6.82. The third-order valence-electron chi connectivity index (χ3n) is 4.49. The number of nitrogens with zero attached hydrogens (tertiary/aromatic N) is 2. The molecule has 0 fully saturated rings. The highest BCUT2D eigenvalue weighted by atomic mass is 32.2. The molecule has 2 aromatic rings. The van der Waals surface area contributed by atoms with Crippen molar-refractivity contribution >= 4 is 39.2 Å². The number of nitrogens with one attached hydrogen (secondary N) is 1. The number of carbonyl (C=O) groups is 1. The lowest BCUT2D eigenvalue weighted by atomic mass is 9.97. The summed E-state index contributed by atoms with van der Waals surface area (Å²) in [6, 6.07) is 0. The minimum Gasteiger partial charge on any atom is -0.355 e. The van der Waals surface area contributed by atoms with E-state index < -0.39 is 0 Å². The van der Waals surface area contributed by atoms with Gasteiger partial charge >= 0.3 is 0 Å². The maximum absolute atomic E-state index is 12.9. The van der Waals surface area contributed by atoms with Gasteiger partial charge in [0.2, 0.25) is 5.91 Å². The Bertz CT molecular complexity index is 854. The number of rotatable bonds is 5. The van der Waals surface area contributed by atoms with Crippen LogP contribution in [-0.2, 0) is 24.7 Å². The van der Waals surface area contributed by atoms with Gasteiger partial charge in [0, 0.05) is 18.5 Å². The van der Waals surface area contributed by atoms with Crippen LogP contribution in [0.3, 0.4) is 0 Å². The van der Waals surface area contributed by atoms with Gasteiger partial charge in [-0.3, -0.25) is 14.2 Å². The van der Waals surface area contributed by atoms with Gasteiger partial charge < -0.3 is 5.32 Å². The number of thioether (sulfide) groups is 1. The average Bonchev–Trinajstić information content (AvgIpc) is 2.95. The molecule has 1 atom stereocenters. The summed E-state index contributed by atoms with van der Waals surface area (Å²) in [4.78, 5) is 32.0. The van der Waals surface area contributed by atoms with E-state index in [0.29, 0.717) is 17.6 Å². The molecule has 25 heavy (non-hydrogen) atoms. The van der Waals surface area contributed by atoms with E-state index in [2.05, 4.69) is 19.2 Å². The highest BCUT2D eigenvalue weighted by Crippen LogP contribution is 2.34. The topological polar surface area (TPSA) is 64.0 Å². The molecule has 7 heteroatoms. The van der Waals surface area contributed by atoms with Gasteiger partial charge in [0.25, 0.3) is 5.56 Å². The zero-order valence-corrected chi connectivity index (χ0v) is 16.9. The summed E-state index contributed by atoms with van der Waals surface area (Å²) in [7, 11) is 1.75. The zero-order valence-electron chi connectivity index (χ0n) is 15.2. The fourth-order valence-corrected chi connectivity index (χ4v) is 5.23. The number of hydrogen-bond acceptors (Lipinski definition) is 5. The molecule has 0 radical (unpaired) electrons. The minimum atomic E-state index is -0.288. The van der Waals surface area contributed by atoms with Crippen LogP contribution in [0.4, 0.5) is 0 Å². The SMILES string of the molecule is CC(C)CNC(=O)C(C)Sc1nc2sc3c(c2c(=O)n1C)CCCC3. The summed E-state index contributed by atoms with van der Waals surface area (Å²) >= 11 is 3.00. The largest absolute Gasteiger partial charge is 0.355 e. The molecule has 1 aliphatic carbocycles. The number of aryl methyl sites for hydroxylation is 2. The van der Waals surface area contributed by atoms with Crippen molar-refractivity contribution < 1.29 is 4.79 Å². The zero-order chi connectivity index (χ0) is 18.1. The van der Waals surface area contributed by atoms with E-state index in [0.717, 1.165) is 29.5 Å². The highest BCUT2D eigenvalue weighted by molar-refractivity contribution is 8.00. The lowest BCUT2D eigenvalue weighted by molar-refractivity contribution is -0.120. The van der Waals surface area contributed by atoms with Gasteiger partial charge in [-0.25, -0.2) is 4.98 Å². The number of carbonyl (C=O) groups excluding carboxylic acids is 1. The van der Waals surface area contributed by atoms with Gasteiger partial charge in [-0.05, 0) is 44.1 Å². The fourth-order valence-electron chi connectivity index (χ4n) is 3.03. The van der Waals surface area contributed by atoms with Crippen molar-refractivity contribution in [3.63, 3.8) is 0 Å². The summed E-state index contributed by atoms with van der Waals surface area (Å²) in [6.45, 7) is 6.65. The van der Waals surface area contributed by atoms with Crippen LogP contribution in [0.15, 0.2) is 9.95 Å². The van der Waals surface area contributed by atoms with Gasteiger partial charge in [-0.15, -0.1) is 11.3 Å². The van der Waals surface area contributed by atoms with E-state index in [1.54, 1.807) is 23.0 Å². The molecule has 0 saturated carbocycles. The monoisotopic (exact) mass is 379 g/mol. The van der Waals surface area contributed by atoms with Crippen LogP contribution in [0, 0.1) is 5.92 Å². The van der Waals surface area contributed by atoms with Crippen molar-refractivity contribution in [3.8, 4) is 0 Å². The Morgan fingerprint density at radius 2 is 2.04 bits per heavy atom. The molecule has 0 aliphatic heterocycles. The van der Waals surface area contributed by atoms with E-state index in [1.807, 2.05) is 6.92 Å². The molecule has 1 aliphatic rings. The predicted octanol–water partition coefficient (Wildman–Crippen LogP) is 3.13. The van der Waals surface area contributed by atoms with Crippen molar-refractivity contribution in [1.29, 1.82) is 0 Å². The Morgan fingerprint density at radius 1 is 1.32 bits per heavy atom. The van der Waals surface area contributed by atoms with Gasteiger partial charge in [0.1, 0.15) is 4.83 Å². The Hall–Kier alpha value is -1.34. The molecule has 0 aromatic carbocycles. The molecule has 5 nitrogen and oxygen atoms in total. The molecule has 1 amide bonds. The van der Waals surface area contributed by atoms with E-state index in [1.165, 1.54) is 28.6 Å². The smallest absolute Gasteiger partial charge is 0.262 e. The lowest BCUT2D eigenvalue weighted by Gasteiger charge is -2.14. The first kappa shape index (κ1) is 18.5. The highest BCUT2D eigenvalue weighted by Gasteiger charge is 2.23. The Balaban J connectivity index is 1.88. The molecular weight excluding hydrogens is 354 g/mol. The summed E-state index contributed by atoms with van der Waals surface area (Å²) in [5.74, 6) is 0.399. The van der Waals surface area contributed by atoms with Crippen molar-refractivity contribution in [2.45, 2.75) is 56.9 Å². The predicted molar refractivity (Wildman–Crippen MR) is 105 cm³/mol. The summed E-state index contributed by atoms with van der Waals surface area (Å²) < 4.78 is 1.60. The maximum atomic E-state index is 12.9. The first-order chi connectivity index (χ1) is 11.9. The van der Waals surface area contributed by atoms with E-state index >= 15 is 0 Å². The second-order valence-corrected chi connectivity index (χ2v) is 9.44. The number of thiophene rings is 1. The van der Waals surface area contributed by atoms with Gasteiger partial charge in [-0.2, -0.15) is 0 Å². The number of fused-ring (bicyclic) bond motifs is 3. The van der Waals surface area contributed by atoms with Crippen LogP contribution in [0.1, 0.15) is 44.1 Å². The third kappa shape index (κ3) is 3.77. The van der Waals surface area contributed by atoms with Gasteiger partial charge in [-0.1, -0.05) is 25.6 Å². The van der Waals surface area contributed by atoms with Crippen molar-refractivity contribution in [2.75, 3.05) is 6.54 Å². The first-order valence-electron chi connectivity index (χ1n) is 8.84. The number of hydrogen-bond donors (Lipinski definition) is 1. The lowest BCUT2D eigenvalue weighted by Crippen LogP contribution is -2.34. The van der Waals surface area contributed by atoms with E-state index in [4.69, 9.17) is 4.98 Å². The summed E-state index contributed by atoms with van der Waals surface area (Å²) in [5.41, 5.74) is 1.22. The van der Waals surface area contributed by atoms with Crippen LogP contribution >= 0.6 is 23.1 Å². The molecule has 0 saturated heterocycles. The Labute approximate surface area is 156 Å². The van der Waals surface area contributed by atoms with Crippen molar-refractivity contribution in [1.82, 2.24) is 14.9 Å². The molecule has 2 aromatic heterocycles.